The van der Waals surface area contributed by atoms with Gasteiger partial charge < -0.3 is 9.84 Å². The largest absolute Gasteiger partial charge is 0.495 e. The molecule has 1 unspecified atom stereocenters. The summed E-state index contributed by atoms with van der Waals surface area (Å²) in [7, 11) is -3.06. The zero-order valence-corrected chi connectivity index (χ0v) is 22.7. The first-order valence-corrected chi connectivity index (χ1v) is 13.9. The van der Waals surface area contributed by atoms with Gasteiger partial charge in [0.2, 0.25) is 0 Å². The summed E-state index contributed by atoms with van der Waals surface area (Å²) < 4.78 is 49.3. The number of carboxylic acid groups (broad SMARTS) is 1. The van der Waals surface area contributed by atoms with E-state index < -0.39 is 26.7 Å². The minimum atomic E-state index is -4.34. The SMILES string of the molecule is COc1cc(C(=O)O)ccc1NS(=O)(=O)c1cccc(-c2ccc(C3=CCC(C(C)(C)C)CC3)cc2)c1F. The van der Waals surface area contributed by atoms with Crippen molar-refractivity contribution >= 4 is 27.3 Å². The zero-order chi connectivity index (χ0) is 27.7. The number of methoxy groups -OCH3 is 1. The molecule has 3 aromatic rings. The molecule has 0 saturated heterocycles. The molecule has 0 aliphatic heterocycles. The lowest BCUT2D eigenvalue weighted by Gasteiger charge is -2.33. The molecular formula is C30H32FNO5S. The molecule has 1 aliphatic rings. The highest BCUT2D eigenvalue weighted by molar-refractivity contribution is 7.92. The van der Waals surface area contributed by atoms with E-state index in [-0.39, 0.29) is 28.0 Å². The highest BCUT2D eigenvalue weighted by Gasteiger charge is 2.27. The fraction of sp³-hybridized carbons (Fsp3) is 0.300. The second-order valence-electron chi connectivity index (χ2n) is 10.6. The van der Waals surface area contributed by atoms with Crippen LogP contribution in [0, 0.1) is 17.2 Å². The highest BCUT2D eigenvalue weighted by atomic mass is 32.2. The molecule has 2 N–H and O–H groups in total. The van der Waals surface area contributed by atoms with Gasteiger partial charge in [0.15, 0.2) is 5.82 Å². The first-order valence-electron chi connectivity index (χ1n) is 12.4. The minimum absolute atomic E-state index is 0.00103. The Balaban J connectivity index is 1.59. The van der Waals surface area contributed by atoms with E-state index in [9.17, 15) is 13.2 Å². The zero-order valence-electron chi connectivity index (χ0n) is 21.9. The summed E-state index contributed by atoms with van der Waals surface area (Å²) in [6, 6.07) is 15.4. The monoisotopic (exact) mass is 537 g/mol. The van der Waals surface area contributed by atoms with Gasteiger partial charge in [-0.1, -0.05) is 63.2 Å². The van der Waals surface area contributed by atoms with Crippen LogP contribution >= 0.6 is 0 Å². The number of allylic oxidation sites excluding steroid dienone is 2. The Kier molecular flexibility index (Phi) is 7.65. The molecule has 0 saturated carbocycles. The van der Waals surface area contributed by atoms with Crippen LogP contribution in [0.5, 0.6) is 5.75 Å². The van der Waals surface area contributed by atoms with Crippen LogP contribution in [-0.2, 0) is 10.0 Å². The van der Waals surface area contributed by atoms with E-state index in [4.69, 9.17) is 9.84 Å². The van der Waals surface area contributed by atoms with Crippen LogP contribution in [0.25, 0.3) is 16.7 Å². The molecule has 6 nitrogen and oxygen atoms in total. The molecule has 0 amide bonds. The number of hydrogen-bond acceptors (Lipinski definition) is 4. The van der Waals surface area contributed by atoms with E-state index in [2.05, 4.69) is 31.6 Å². The maximum atomic E-state index is 15.6. The number of halogens is 1. The van der Waals surface area contributed by atoms with Gasteiger partial charge in [-0.2, -0.15) is 0 Å². The van der Waals surface area contributed by atoms with Crippen molar-refractivity contribution in [3.05, 3.63) is 83.7 Å². The fourth-order valence-electron chi connectivity index (χ4n) is 4.80. The van der Waals surface area contributed by atoms with Crippen LogP contribution in [0.3, 0.4) is 0 Å². The number of ether oxygens (including phenoxy) is 1. The molecule has 8 heteroatoms. The first kappa shape index (κ1) is 27.4. The lowest BCUT2D eigenvalue weighted by atomic mass is 9.72. The Morgan fingerprint density at radius 3 is 2.32 bits per heavy atom. The number of anilines is 1. The topological polar surface area (TPSA) is 92.7 Å². The molecule has 200 valence electrons. The van der Waals surface area contributed by atoms with Crippen molar-refractivity contribution < 1.29 is 27.4 Å². The standard InChI is InChI=1S/C30H32FNO5S/c1-30(2,3)23-15-12-20(13-16-23)19-8-10-21(11-9-19)24-6-5-7-27(28(24)31)38(35,36)32-25-17-14-22(29(33)34)18-26(25)37-4/h5-12,14,17-18,23,32H,13,15-16H2,1-4H3,(H,33,34). The van der Waals surface area contributed by atoms with E-state index in [0.29, 0.717) is 11.5 Å². The third-order valence-electron chi connectivity index (χ3n) is 7.15. The van der Waals surface area contributed by atoms with Crippen LogP contribution in [0.2, 0.25) is 0 Å². The van der Waals surface area contributed by atoms with Crippen molar-refractivity contribution in [2.75, 3.05) is 11.8 Å². The third kappa shape index (κ3) is 5.75. The number of carbonyl (C=O) groups is 1. The summed E-state index contributed by atoms with van der Waals surface area (Å²) in [6.07, 6.45) is 5.45. The minimum Gasteiger partial charge on any atom is -0.495 e. The van der Waals surface area contributed by atoms with Crippen LogP contribution in [0.15, 0.2) is 71.6 Å². The number of hydrogen-bond donors (Lipinski definition) is 2. The average Bonchev–Trinajstić information content (AvgIpc) is 2.88. The molecule has 0 spiro atoms. The highest BCUT2D eigenvalue weighted by Crippen LogP contribution is 2.40. The lowest BCUT2D eigenvalue weighted by molar-refractivity contribution is 0.0696. The van der Waals surface area contributed by atoms with Gasteiger partial charge >= 0.3 is 5.97 Å². The predicted molar refractivity (Wildman–Crippen MR) is 147 cm³/mol. The summed E-state index contributed by atoms with van der Waals surface area (Å²) in [5.74, 6) is -1.41. The first-order chi connectivity index (χ1) is 17.9. The van der Waals surface area contributed by atoms with Gasteiger partial charge in [-0.05, 0) is 71.6 Å². The van der Waals surface area contributed by atoms with Crippen molar-refractivity contribution in [2.24, 2.45) is 11.3 Å². The molecule has 3 aromatic carbocycles. The quantitative estimate of drug-likeness (QED) is 0.332. The fourth-order valence-corrected chi connectivity index (χ4v) is 5.97. The average molecular weight is 538 g/mol. The molecule has 1 atom stereocenters. The number of rotatable bonds is 7. The Labute approximate surface area is 223 Å². The van der Waals surface area contributed by atoms with Gasteiger partial charge in [0.25, 0.3) is 10.0 Å². The Morgan fingerprint density at radius 1 is 1.05 bits per heavy atom. The smallest absolute Gasteiger partial charge is 0.335 e. The van der Waals surface area contributed by atoms with Gasteiger partial charge in [-0.25, -0.2) is 17.6 Å². The van der Waals surface area contributed by atoms with E-state index in [0.717, 1.165) is 24.8 Å². The predicted octanol–water partition coefficient (Wildman–Crippen LogP) is 7.23. The van der Waals surface area contributed by atoms with E-state index in [1.165, 1.54) is 43.0 Å². The maximum absolute atomic E-state index is 15.6. The van der Waals surface area contributed by atoms with Crippen LogP contribution in [-0.4, -0.2) is 26.6 Å². The van der Waals surface area contributed by atoms with E-state index >= 15 is 4.39 Å². The second-order valence-corrected chi connectivity index (χ2v) is 12.2. The molecule has 38 heavy (non-hydrogen) atoms. The maximum Gasteiger partial charge on any atom is 0.335 e. The molecule has 0 radical (unpaired) electrons. The molecule has 0 bridgehead atoms. The van der Waals surface area contributed by atoms with E-state index in [1.54, 1.807) is 6.07 Å². The lowest BCUT2D eigenvalue weighted by Crippen LogP contribution is -2.21. The van der Waals surface area contributed by atoms with E-state index in [1.807, 2.05) is 24.3 Å². The summed E-state index contributed by atoms with van der Waals surface area (Å²) >= 11 is 0. The summed E-state index contributed by atoms with van der Waals surface area (Å²) in [5.41, 5.74) is 3.30. The van der Waals surface area contributed by atoms with Crippen LogP contribution in [0.4, 0.5) is 10.1 Å². The number of benzene rings is 3. The van der Waals surface area contributed by atoms with Gasteiger partial charge in [0, 0.05) is 5.56 Å². The number of sulfonamides is 1. The van der Waals surface area contributed by atoms with Gasteiger partial charge in [0.1, 0.15) is 10.6 Å². The Morgan fingerprint density at radius 2 is 1.74 bits per heavy atom. The Hall–Kier alpha value is -3.65. The van der Waals surface area contributed by atoms with Crippen molar-refractivity contribution in [3.63, 3.8) is 0 Å². The van der Waals surface area contributed by atoms with Crippen molar-refractivity contribution in [2.45, 2.75) is 44.9 Å². The molecule has 0 aromatic heterocycles. The number of carboxylic acids is 1. The molecule has 0 heterocycles. The van der Waals surface area contributed by atoms with Crippen LogP contribution in [0.1, 0.15) is 56.0 Å². The number of nitrogens with one attached hydrogen (secondary N) is 1. The molecule has 0 fully saturated rings. The second kappa shape index (κ2) is 10.6. The summed E-state index contributed by atoms with van der Waals surface area (Å²) in [5, 5.41) is 9.17. The molecule has 4 rings (SSSR count). The summed E-state index contributed by atoms with van der Waals surface area (Å²) in [4.78, 5) is 10.7. The van der Waals surface area contributed by atoms with Gasteiger partial charge in [-0.3, -0.25) is 4.72 Å². The van der Waals surface area contributed by atoms with Gasteiger partial charge in [-0.15, -0.1) is 0 Å². The normalized spacial score (nSPS) is 16.0. The molecule has 1 aliphatic carbocycles. The molecular weight excluding hydrogens is 505 g/mol. The van der Waals surface area contributed by atoms with Crippen molar-refractivity contribution in [1.29, 1.82) is 0 Å². The van der Waals surface area contributed by atoms with Crippen molar-refractivity contribution in [3.8, 4) is 16.9 Å². The van der Waals surface area contributed by atoms with Crippen LogP contribution < -0.4 is 9.46 Å². The third-order valence-corrected chi connectivity index (χ3v) is 8.53. The summed E-state index contributed by atoms with van der Waals surface area (Å²) in [6.45, 7) is 6.82. The Bertz CT molecular complexity index is 1490. The number of aromatic carboxylic acids is 1. The van der Waals surface area contributed by atoms with Gasteiger partial charge in [0.05, 0.1) is 18.4 Å². The van der Waals surface area contributed by atoms with Crippen molar-refractivity contribution in [1.82, 2.24) is 0 Å².